The molecular formula is C6H5BrClNO4S. The van der Waals surface area contributed by atoms with Gasteiger partial charge in [0.05, 0.1) is 11.6 Å². The van der Waals surface area contributed by atoms with Gasteiger partial charge < -0.3 is 9.72 Å². The van der Waals surface area contributed by atoms with Crippen molar-refractivity contribution in [2.45, 2.75) is 5.03 Å². The topological polar surface area (TPSA) is 76.2 Å². The third-order valence-electron chi connectivity index (χ3n) is 1.39. The Morgan fingerprint density at radius 3 is 2.57 bits per heavy atom. The fourth-order valence-electron chi connectivity index (χ4n) is 0.808. The predicted octanol–water partition coefficient (Wildman–Crippen LogP) is 1.49. The van der Waals surface area contributed by atoms with E-state index in [1.807, 2.05) is 0 Å². The molecule has 0 amide bonds. The van der Waals surface area contributed by atoms with Crippen LogP contribution in [0.25, 0.3) is 0 Å². The van der Waals surface area contributed by atoms with Crippen molar-refractivity contribution < 1.29 is 17.9 Å². The summed E-state index contributed by atoms with van der Waals surface area (Å²) >= 11 is 2.95. The van der Waals surface area contributed by atoms with E-state index in [0.29, 0.717) is 0 Å². The number of carbonyl (C=O) groups excluding carboxylic acids is 1. The first kappa shape index (κ1) is 11.5. The molecule has 1 N–H and O–H groups in total. The Kier molecular flexibility index (Phi) is 3.23. The highest BCUT2D eigenvalue weighted by Crippen LogP contribution is 2.25. The molecule has 0 aliphatic heterocycles. The smallest absolute Gasteiger partial charge is 0.354 e. The van der Waals surface area contributed by atoms with E-state index in [1.54, 1.807) is 0 Å². The molecule has 0 aliphatic carbocycles. The monoisotopic (exact) mass is 301 g/mol. The highest BCUT2D eigenvalue weighted by atomic mass is 79.9. The molecule has 0 saturated carbocycles. The van der Waals surface area contributed by atoms with Crippen molar-refractivity contribution in [1.29, 1.82) is 0 Å². The Morgan fingerprint density at radius 1 is 1.64 bits per heavy atom. The maximum Gasteiger partial charge on any atom is 0.354 e. The van der Waals surface area contributed by atoms with Crippen LogP contribution in [-0.4, -0.2) is 26.5 Å². The third kappa shape index (κ3) is 2.28. The first-order chi connectivity index (χ1) is 6.36. The Morgan fingerprint density at radius 2 is 2.21 bits per heavy atom. The number of hydrogen-bond acceptors (Lipinski definition) is 4. The van der Waals surface area contributed by atoms with Gasteiger partial charge in [-0.1, -0.05) is 0 Å². The van der Waals surface area contributed by atoms with Gasteiger partial charge in [-0.05, 0) is 22.0 Å². The fourth-order valence-corrected chi connectivity index (χ4v) is 2.94. The van der Waals surface area contributed by atoms with Crippen molar-refractivity contribution in [2.24, 2.45) is 0 Å². The molecule has 78 valence electrons. The number of aromatic nitrogens is 1. The van der Waals surface area contributed by atoms with Crippen molar-refractivity contribution in [3.63, 3.8) is 0 Å². The normalized spacial score (nSPS) is 11.4. The average molecular weight is 303 g/mol. The molecule has 0 saturated heterocycles. The fraction of sp³-hybridized carbons (Fsp3) is 0.167. The van der Waals surface area contributed by atoms with E-state index in [9.17, 15) is 13.2 Å². The number of halogens is 2. The van der Waals surface area contributed by atoms with Crippen molar-refractivity contribution in [2.75, 3.05) is 7.11 Å². The summed E-state index contributed by atoms with van der Waals surface area (Å²) in [4.78, 5) is 13.3. The van der Waals surface area contributed by atoms with Gasteiger partial charge in [-0.2, -0.15) is 0 Å². The molecule has 0 aromatic carbocycles. The van der Waals surface area contributed by atoms with Gasteiger partial charge >= 0.3 is 5.97 Å². The second kappa shape index (κ2) is 3.92. The van der Waals surface area contributed by atoms with E-state index < -0.39 is 15.0 Å². The van der Waals surface area contributed by atoms with Crippen LogP contribution in [0.15, 0.2) is 15.6 Å². The summed E-state index contributed by atoms with van der Waals surface area (Å²) in [6.45, 7) is 0. The molecule has 1 aromatic heterocycles. The summed E-state index contributed by atoms with van der Waals surface area (Å²) < 4.78 is 26.4. The number of hydrogen-bond donors (Lipinski definition) is 1. The molecule has 1 aromatic rings. The largest absolute Gasteiger partial charge is 0.464 e. The van der Waals surface area contributed by atoms with Crippen LogP contribution in [0.2, 0.25) is 0 Å². The minimum atomic E-state index is -3.89. The molecule has 14 heavy (non-hydrogen) atoms. The van der Waals surface area contributed by atoms with Gasteiger partial charge in [0.1, 0.15) is 5.69 Å². The first-order valence-corrected chi connectivity index (χ1v) is 6.38. The van der Waals surface area contributed by atoms with Crippen LogP contribution in [0.1, 0.15) is 10.5 Å². The van der Waals surface area contributed by atoms with Crippen LogP contribution in [-0.2, 0) is 13.8 Å². The van der Waals surface area contributed by atoms with E-state index in [4.69, 9.17) is 10.7 Å². The molecule has 0 radical (unpaired) electrons. The maximum atomic E-state index is 11.0. The van der Waals surface area contributed by atoms with E-state index in [-0.39, 0.29) is 15.2 Å². The summed E-state index contributed by atoms with van der Waals surface area (Å²) in [6, 6.07) is 1.28. The number of H-pyrrole nitrogens is 1. The van der Waals surface area contributed by atoms with Crippen LogP contribution >= 0.6 is 26.6 Å². The van der Waals surface area contributed by atoms with E-state index in [2.05, 4.69) is 25.7 Å². The van der Waals surface area contributed by atoms with E-state index in [0.717, 1.165) is 0 Å². The Balaban J connectivity index is 3.25. The van der Waals surface area contributed by atoms with Crippen LogP contribution < -0.4 is 0 Å². The summed E-state index contributed by atoms with van der Waals surface area (Å²) in [7, 11) is 2.38. The zero-order valence-corrected chi connectivity index (χ0v) is 10.0. The molecule has 0 atom stereocenters. The molecule has 0 fully saturated rings. The number of methoxy groups -OCH3 is 1. The molecule has 5 nitrogen and oxygen atoms in total. The Hall–Kier alpha value is -0.530. The molecular weight excluding hydrogens is 297 g/mol. The minimum Gasteiger partial charge on any atom is -0.464 e. The second-order valence-corrected chi connectivity index (χ2v) is 5.65. The quantitative estimate of drug-likeness (QED) is 0.663. The van der Waals surface area contributed by atoms with Crippen molar-refractivity contribution >= 4 is 41.6 Å². The molecule has 0 unspecified atom stereocenters. The van der Waals surface area contributed by atoms with Gasteiger partial charge in [0.15, 0.2) is 5.03 Å². The van der Waals surface area contributed by atoms with Crippen molar-refractivity contribution in [1.82, 2.24) is 4.98 Å². The van der Waals surface area contributed by atoms with Gasteiger partial charge in [-0.15, -0.1) is 0 Å². The van der Waals surface area contributed by atoms with Gasteiger partial charge in [-0.3, -0.25) is 0 Å². The highest BCUT2D eigenvalue weighted by molar-refractivity contribution is 9.10. The second-order valence-electron chi connectivity index (χ2n) is 2.29. The molecule has 8 heteroatoms. The minimum absolute atomic E-state index is 0.0126. The van der Waals surface area contributed by atoms with Crippen LogP contribution in [0.3, 0.4) is 0 Å². The first-order valence-electron chi connectivity index (χ1n) is 3.27. The number of nitrogens with one attached hydrogen (secondary N) is 1. The lowest BCUT2D eigenvalue weighted by Gasteiger charge is -1.93. The number of carbonyl (C=O) groups is 1. The lowest BCUT2D eigenvalue weighted by atomic mass is 10.4. The summed E-state index contributed by atoms with van der Waals surface area (Å²) in [6.07, 6.45) is 0. The van der Waals surface area contributed by atoms with Crippen molar-refractivity contribution in [3.8, 4) is 0 Å². The average Bonchev–Trinajstić information content (AvgIpc) is 2.45. The van der Waals surface area contributed by atoms with Crippen LogP contribution in [0, 0.1) is 0 Å². The summed E-state index contributed by atoms with van der Waals surface area (Å²) in [5, 5.41) is -0.264. The van der Waals surface area contributed by atoms with Crippen LogP contribution in [0.5, 0.6) is 0 Å². The molecule has 0 spiro atoms. The predicted molar refractivity (Wildman–Crippen MR) is 52.9 cm³/mol. The molecule has 1 rings (SSSR count). The lowest BCUT2D eigenvalue weighted by Crippen LogP contribution is -2.02. The van der Waals surface area contributed by atoms with Gasteiger partial charge in [0.25, 0.3) is 9.05 Å². The molecule has 0 bridgehead atoms. The number of rotatable bonds is 2. The number of ether oxygens (including phenoxy) is 1. The van der Waals surface area contributed by atoms with Gasteiger partial charge in [-0.25, -0.2) is 13.2 Å². The number of esters is 1. The Bertz CT molecular complexity index is 466. The lowest BCUT2D eigenvalue weighted by molar-refractivity contribution is 0.0594. The van der Waals surface area contributed by atoms with E-state index in [1.165, 1.54) is 13.2 Å². The molecule has 1 heterocycles. The number of aromatic amines is 1. The van der Waals surface area contributed by atoms with Gasteiger partial charge in [0, 0.05) is 10.7 Å². The Labute approximate surface area is 92.9 Å². The highest BCUT2D eigenvalue weighted by Gasteiger charge is 2.20. The van der Waals surface area contributed by atoms with Crippen LogP contribution in [0.4, 0.5) is 0 Å². The standard InChI is InChI=1S/C6H5BrClNO4S/c1-13-6(10)4-2-3(7)5(9-4)14(8,11)12/h2,9H,1H3. The SMILES string of the molecule is COC(=O)c1cc(Br)c(S(=O)(=O)Cl)[nH]1. The third-order valence-corrected chi connectivity index (χ3v) is 3.55. The van der Waals surface area contributed by atoms with E-state index >= 15 is 0 Å². The van der Waals surface area contributed by atoms with Gasteiger partial charge in [0.2, 0.25) is 0 Å². The zero-order valence-electron chi connectivity index (χ0n) is 6.87. The zero-order chi connectivity index (χ0) is 10.9. The summed E-state index contributed by atoms with van der Waals surface area (Å²) in [5.74, 6) is -0.669. The summed E-state index contributed by atoms with van der Waals surface area (Å²) in [5.41, 5.74) is 0.0126. The van der Waals surface area contributed by atoms with Crippen molar-refractivity contribution in [3.05, 3.63) is 16.2 Å². The molecule has 0 aliphatic rings. The maximum absolute atomic E-state index is 11.0.